The first-order chi connectivity index (χ1) is 17.0. The molecule has 4 aromatic heterocycles. The molecule has 0 bridgehead atoms. The highest BCUT2D eigenvalue weighted by molar-refractivity contribution is 7.99. The maximum absolute atomic E-state index is 13.0. The summed E-state index contributed by atoms with van der Waals surface area (Å²) in [7, 11) is 0. The lowest BCUT2D eigenvalue weighted by atomic mass is 10.1. The van der Waals surface area contributed by atoms with E-state index < -0.39 is 12.5 Å². The number of aromatic nitrogens is 7. The number of ether oxygens (including phenoxy) is 1. The van der Waals surface area contributed by atoms with Crippen molar-refractivity contribution in [3.8, 4) is 5.75 Å². The highest BCUT2D eigenvalue weighted by atomic mass is 32.2. The molecule has 1 aromatic carbocycles. The molecular weight excluding hydrogens is 478 g/mol. The van der Waals surface area contributed by atoms with E-state index in [1.165, 1.54) is 34.7 Å². The Kier molecular flexibility index (Phi) is 6.14. The van der Waals surface area contributed by atoms with E-state index in [1.54, 1.807) is 36.8 Å². The van der Waals surface area contributed by atoms with E-state index in [4.69, 9.17) is 4.74 Å². The van der Waals surface area contributed by atoms with Crippen molar-refractivity contribution in [1.82, 2.24) is 35.0 Å². The highest BCUT2D eigenvalue weighted by Crippen LogP contribution is 2.34. The van der Waals surface area contributed by atoms with Gasteiger partial charge in [0.25, 0.3) is 5.91 Å². The highest BCUT2D eigenvalue weighted by Gasteiger charge is 2.19. The summed E-state index contributed by atoms with van der Waals surface area (Å²) in [5, 5.41) is 20.6. The number of aryl methyl sites for hydroxylation is 1. The zero-order chi connectivity index (χ0) is 24.4. The van der Waals surface area contributed by atoms with Crippen molar-refractivity contribution in [1.29, 1.82) is 0 Å². The molecule has 0 saturated carbocycles. The minimum atomic E-state index is -2.98. The van der Waals surface area contributed by atoms with Gasteiger partial charge < -0.3 is 10.1 Å². The lowest BCUT2D eigenvalue weighted by molar-refractivity contribution is -0.0504. The smallest absolute Gasteiger partial charge is 0.387 e. The van der Waals surface area contributed by atoms with E-state index in [2.05, 4.69) is 35.8 Å². The molecule has 0 saturated heterocycles. The molecule has 0 spiro atoms. The van der Waals surface area contributed by atoms with Gasteiger partial charge in [0.2, 0.25) is 0 Å². The number of hydrogen-bond donors (Lipinski definition) is 3. The van der Waals surface area contributed by atoms with Gasteiger partial charge >= 0.3 is 6.61 Å². The maximum atomic E-state index is 13.0. The summed E-state index contributed by atoms with van der Waals surface area (Å²) in [5.74, 6) is -0.392. The summed E-state index contributed by atoms with van der Waals surface area (Å²) < 4.78 is 32.3. The average Bonchev–Trinajstić information content (AvgIpc) is 3.56. The van der Waals surface area contributed by atoms with Gasteiger partial charge in [-0.25, -0.2) is 9.50 Å². The molecule has 178 valence electrons. The maximum Gasteiger partial charge on any atom is 0.387 e. The Balaban J connectivity index is 1.40. The van der Waals surface area contributed by atoms with Crippen LogP contribution in [-0.4, -0.2) is 47.5 Å². The van der Waals surface area contributed by atoms with Crippen LogP contribution in [0.4, 0.5) is 14.5 Å². The molecule has 0 aliphatic rings. The molecular formula is C22H18F2N8O2S. The van der Waals surface area contributed by atoms with Crippen molar-refractivity contribution >= 4 is 29.0 Å². The molecule has 0 aliphatic heterocycles. The first-order valence-electron chi connectivity index (χ1n) is 10.4. The van der Waals surface area contributed by atoms with Crippen molar-refractivity contribution in [2.45, 2.75) is 29.7 Å². The van der Waals surface area contributed by atoms with E-state index >= 15 is 0 Å². The van der Waals surface area contributed by atoms with Gasteiger partial charge in [-0.05, 0) is 31.2 Å². The number of halogens is 2. The average molecular weight is 497 g/mol. The Morgan fingerprint density at radius 3 is 2.89 bits per heavy atom. The van der Waals surface area contributed by atoms with E-state index in [1.807, 2.05) is 6.92 Å². The second-order valence-electron chi connectivity index (χ2n) is 7.45. The topological polar surface area (TPSA) is 126 Å². The summed E-state index contributed by atoms with van der Waals surface area (Å²) in [6.07, 6.45) is 7.98. The number of fused-ring (bicyclic) bond motifs is 1. The summed E-state index contributed by atoms with van der Waals surface area (Å²) in [4.78, 5) is 18.8. The number of benzene rings is 1. The fourth-order valence-electron chi connectivity index (χ4n) is 3.46. The number of carbonyl (C=O) groups excluding carboxylic acids is 1. The number of carbonyl (C=O) groups is 1. The number of hydrogen-bond acceptors (Lipinski definition) is 7. The zero-order valence-electron chi connectivity index (χ0n) is 18.2. The molecule has 4 heterocycles. The molecule has 5 aromatic rings. The summed E-state index contributed by atoms with van der Waals surface area (Å²) in [6.45, 7) is -1.09. The van der Waals surface area contributed by atoms with Gasteiger partial charge in [-0.2, -0.15) is 24.1 Å². The first kappa shape index (κ1) is 22.5. The van der Waals surface area contributed by atoms with Gasteiger partial charge in [0, 0.05) is 35.0 Å². The van der Waals surface area contributed by atoms with Gasteiger partial charge in [0.15, 0.2) is 5.65 Å². The van der Waals surface area contributed by atoms with Crippen LogP contribution in [0.15, 0.2) is 65.0 Å². The minimum absolute atomic E-state index is 0.0342. The van der Waals surface area contributed by atoms with Crippen molar-refractivity contribution in [2.75, 3.05) is 5.32 Å². The van der Waals surface area contributed by atoms with Gasteiger partial charge in [0.05, 0.1) is 34.9 Å². The number of alkyl halides is 2. The van der Waals surface area contributed by atoms with Crippen molar-refractivity contribution in [2.24, 2.45) is 0 Å². The summed E-state index contributed by atoms with van der Waals surface area (Å²) >= 11 is 1.44. The normalized spacial score (nSPS) is 11.3. The minimum Gasteiger partial charge on any atom is -0.435 e. The molecule has 5 rings (SSSR count). The molecule has 3 N–H and O–H groups in total. The van der Waals surface area contributed by atoms with E-state index in [-0.39, 0.29) is 17.7 Å². The van der Waals surface area contributed by atoms with Crippen LogP contribution in [0.2, 0.25) is 0 Å². The number of aromatic amines is 2. The Labute approximate surface area is 201 Å². The van der Waals surface area contributed by atoms with Crippen LogP contribution in [0.3, 0.4) is 0 Å². The second-order valence-corrected chi connectivity index (χ2v) is 8.56. The SMILES string of the molecule is Cc1[nH]ncc1Sc1ccc(OC(F)F)c(Cc2[nH]ncc2NC(=O)c2cnn3cccnc23)c1. The molecule has 1 amide bonds. The van der Waals surface area contributed by atoms with Crippen LogP contribution in [0, 0.1) is 6.92 Å². The summed E-state index contributed by atoms with van der Waals surface area (Å²) in [6, 6.07) is 6.66. The fourth-order valence-corrected chi connectivity index (χ4v) is 4.36. The Morgan fingerprint density at radius 2 is 2.09 bits per heavy atom. The molecule has 35 heavy (non-hydrogen) atoms. The standard InChI is InChI=1S/C22H18F2N8O2S/c1-12-19(11-27-30-12)35-14-3-4-18(34-22(23)24)13(7-14)8-16-17(10-26-31-16)29-21(33)15-9-28-32-6-2-5-25-20(15)32/h2-7,9-11,22H,8H2,1H3,(H,26,31)(H,27,30)(H,29,33). The van der Waals surface area contributed by atoms with Crippen LogP contribution in [0.5, 0.6) is 5.75 Å². The van der Waals surface area contributed by atoms with Crippen LogP contribution in [-0.2, 0) is 6.42 Å². The predicted molar refractivity (Wildman–Crippen MR) is 123 cm³/mol. The lowest BCUT2D eigenvalue weighted by Crippen LogP contribution is -2.13. The van der Waals surface area contributed by atoms with Crippen LogP contribution >= 0.6 is 11.8 Å². The molecule has 0 fully saturated rings. The van der Waals surface area contributed by atoms with Crippen molar-refractivity contribution < 1.29 is 18.3 Å². The van der Waals surface area contributed by atoms with E-state index in [0.29, 0.717) is 22.6 Å². The van der Waals surface area contributed by atoms with E-state index in [0.717, 1.165) is 15.5 Å². The lowest BCUT2D eigenvalue weighted by Gasteiger charge is -2.13. The Bertz CT molecular complexity index is 1500. The molecule has 0 unspecified atom stereocenters. The van der Waals surface area contributed by atoms with Gasteiger partial charge in [-0.1, -0.05) is 11.8 Å². The van der Waals surface area contributed by atoms with Crippen LogP contribution in [0.25, 0.3) is 5.65 Å². The number of nitrogens with one attached hydrogen (secondary N) is 3. The predicted octanol–water partition coefficient (Wildman–Crippen LogP) is 4.08. The van der Waals surface area contributed by atoms with E-state index in [9.17, 15) is 13.6 Å². The third-order valence-electron chi connectivity index (χ3n) is 5.12. The quantitative estimate of drug-likeness (QED) is 0.296. The first-order valence-corrected chi connectivity index (χ1v) is 11.2. The zero-order valence-corrected chi connectivity index (χ0v) is 19.0. The number of amides is 1. The molecule has 0 radical (unpaired) electrons. The third-order valence-corrected chi connectivity index (χ3v) is 6.24. The van der Waals surface area contributed by atoms with Crippen molar-refractivity contribution in [3.63, 3.8) is 0 Å². The summed E-state index contributed by atoms with van der Waals surface area (Å²) in [5.41, 5.74) is 3.00. The number of H-pyrrole nitrogens is 2. The largest absolute Gasteiger partial charge is 0.435 e. The third kappa shape index (κ3) is 4.84. The second kappa shape index (κ2) is 9.54. The van der Waals surface area contributed by atoms with Gasteiger partial charge in [-0.3, -0.25) is 15.0 Å². The Hall–Kier alpha value is -4.26. The number of rotatable bonds is 8. The molecule has 0 aliphatic carbocycles. The van der Waals surface area contributed by atoms with Crippen LogP contribution in [0.1, 0.15) is 27.3 Å². The monoisotopic (exact) mass is 496 g/mol. The van der Waals surface area contributed by atoms with Crippen LogP contribution < -0.4 is 10.1 Å². The van der Waals surface area contributed by atoms with Gasteiger partial charge in [0.1, 0.15) is 11.3 Å². The molecule has 10 nitrogen and oxygen atoms in total. The number of anilines is 1. The molecule has 0 atom stereocenters. The number of nitrogens with zero attached hydrogens (tertiary/aromatic N) is 5. The Morgan fingerprint density at radius 1 is 1.23 bits per heavy atom. The van der Waals surface area contributed by atoms with Gasteiger partial charge in [-0.15, -0.1) is 0 Å². The van der Waals surface area contributed by atoms with Crippen molar-refractivity contribution in [3.05, 3.63) is 77.8 Å². The fraction of sp³-hybridized carbons (Fsp3) is 0.136. The molecule has 13 heteroatoms.